The molecule has 1 fully saturated rings. The summed E-state index contributed by atoms with van der Waals surface area (Å²) in [6.45, 7) is 5.48. The molecule has 1 saturated carbocycles. The number of anilines is 1. The Morgan fingerprint density at radius 2 is 2.26 bits per heavy atom. The maximum absolute atomic E-state index is 12.5. The number of nitrogens with one attached hydrogen (secondary N) is 1. The number of aryl methyl sites for hydroxylation is 1. The Morgan fingerprint density at radius 1 is 1.58 bits per heavy atom. The Bertz CT molecular complexity index is 432. The van der Waals surface area contributed by atoms with Gasteiger partial charge in [-0.1, -0.05) is 6.92 Å². The van der Waals surface area contributed by atoms with E-state index in [-0.39, 0.29) is 11.3 Å². The van der Waals surface area contributed by atoms with Crippen molar-refractivity contribution in [3.8, 4) is 0 Å². The van der Waals surface area contributed by atoms with Crippen LogP contribution in [0, 0.1) is 11.3 Å². The normalized spacial score (nSPS) is 27.2. The summed E-state index contributed by atoms with van der Waals surface area (Å²) in [5, 5.41) is 7.13. The van der Waals surface area contributed by atoms with Gasteiger partial charge in [0.1, 0.15) is 0 Å². The Labute approximate surface area is 114 Å². The van der Waals surface area contributed by atoms with Gasteiger partial charge in [-0.3, -0.25) is 9.48 Å². The van der Waals surface area contributed by atoms with Crippen molar-refractivity contribution >= 4 is 11.6 Å². The lowest BCUT2D eigenvalue weighted by Crippen LogP contribution is -2.44. The van der Waals surface area contributed by atoms with Crippen LogP contribution >= 0.6 is 0 Å². The molecule has 0 spiro atoms. The number of carbonyl (C=O) groups is 1. The summed E-state index contributed by atoms with van der Waals surface area (Å²) in [6, 6.07) is 0. The molecule has 0 bridgehead atoms. The van der Waals surface area contributed by atoms with E-state index >= 15 is 0 Å². The summed E-state index contributed by atoms with van der Waals surface area (Å²) in [6.07, 6.45) is 7.49. The topological polar surface area (TPSA) is 72.9 Å². The molecule has 5 heteroatoms. The molecule has 0 aliphatic heterocycles. The van der Waals surface area contributed by atoms with E-state index in [4.69, 9.17) is 5.73 Å². The standard InChI is InChI=1S/C14H24N4O/c1-3-18-9-12(8-16-18)17-13(19)14(10-15)6-4-11(2)5-7-14/h8-9,11H,3-7,10,15H2,1-2H3,(H,17,19). The number of aromatic nitrogens is 2. The van der Waals surface area contributed by atoms with E-state index in [1.54, 1.807) is 10.9 Å². The molecule has 3 N–H and O–H groups in total. The molecular formula is C14H24N4O. The van der Waals surface area contributed by atoms with Crippen molar-refractivity contribution in [2.24, 2.45) is 17.1 Å². The largest absolute Gasteiger partial charge is 0.329 e. The number of nitrogens with two attached hydrogens (primary N) is 1. The Kier molecular flexibility index (Phi) is 4.24. The van der Waals surface area contributed by atoms with Crippen molar-refractivity contribution in [2.75, 3.05) is 11.9 Å². The lowest BCUT2D eigenvalue weighted by Gasteiger charge is -2.36. The molecule has 1 aliphatic carbocycles. The molecule has 106 valence electrons. The molecule has 19 heavy (non-hydrogen) atoms. The van der Waals surface area contributed by atoms with Crippen LogP contribution < -0.4 is 11.1 Å². The van der Waals surface area contributed by atoms with Gasteiger partial charge >= 0.3 is 0 Å². The zero-order valence-electron chi connectivity index (χ0n) is 11.9. The fourth-order valence-corrected chi connectivity index (χ4v) is 2.70. The van der Waals surface area contributed by atoms with Crippen molar-refractivity contribution in [3.63, 3.8) is 0 Å². The van der Waals surface area contributed by atoms with E-state index in [0.717, 1.165) is 37.9 Å². The van der Waals surface area contributed by atoms with Crippen LogP contribution in [0.2, 0.25) is 0 Å². The highest BCUT2D eigenvalue weighted by Gasteiger charge is 2.39. The molecular weight excluding hydrogens is 240 g/mol. The zero-order valence-corrected chi connectivity index (χ0v) is 11.9. The number of rotatable bonds is 4. The Hall–Kier alpha value is -1.36. The third-order valence-corrected chi connectivity index (χ3v) is 4.32. The maximum Gasteiger partial charge on any atom is 0.231 e. The van der Waals surface area contributed by atoms with E-state index < -0.39 is 0 Å². The molecule has 0 atom stereocenters. The first-order valence-electron chi connectivity index (χ1n) is 7.13. The first-order chi connectivity index (χ1) is 9.09. The summed E-state index contributed by atoms with van der Waals surface area (Å²) in [5.41, 5.74) is 6.26. The molecule has 1 aromatic rings. The first kappa shape index (κ1) is 14.1. The van der Waals surface area contributed by atoms with Crippen molar-refractivity contribution in [1.29, 1.82) is 0 Å². The van der Waals surface area contributed by atoms with Gasteiger partial charge in [-0.05, 0) is 38.5 Å². The SMILES string of the molecule is CCn1cc(NC(=O)C2(CN)CCC(C)CC2)cn1. The van der Waals surface area contributed by atoms with Crippen LogP contribution in [0.25, 0.3) is 0 Å². The van der Waals surface area contributed by atoms with Gasteiger partial charge in [0, 0.05) is 19.3 Å². The number of amides is 1. The third-order valence-electron chi connectivity index (χ3n) is 4.32. The molecule has 0 unspecified atom stereocenters. The minimum absolute atomic E-state index is 0.0533. The molecule has 0 aromatic carbocycles. The number of hydrogen-bond donors (Lipinski definition) is 2. The molecule has 1 heterocycles. The summed E-state index contributed by atoms with van der Waals surface area (Å²) in [5.74, 6) is 0.757. The van der Waals surface area contributed by atoms with E-state index in [2.05, 4.69) is 17.3 Å². The van der Waals surface area contributed by atoms with Crippen molar-refractivity contribution in [1.82, 2.24) is 9.78 Å². The lowest BCUT2D eigenvalue weighted by atomic mass is 9.70. The molecule has 1 aliphatic rings. The van der Waals surface area contributed by atoms with Crippen LogP contribution in [0.1, 0.15) is 39.5 Å². The summed E-state index contributed by atoms with van der Waals surface area (Å²) < 4.78 is 1.80. The number of carbonyl (C=O) groups excluding carboxylic acids is 1. The van der Waals surface area contributed by atoms with Crippen molar-refractivity contribution < 1.29 is 4.79 Å². The lowest BCUT2D eigenvalue weighted by molar-refractivity contribution is -0.127. The van der Waals surface area contributed by atoms with Gasteiger partial charge in [0.2, 0.25) is 5.91 Å². The van der Waals surface area contributed by atoms with Crippen LogP contribution in [0.5, 0.6) is 0 Å². The van der Waals surface area contributed by atoms with Gasteiger partial charge in [-0.25, -0.2) is 0 Å². The van der Waals surface area contributed by atoms with Gasteiger partial charge in [0.25, 0.3) is 0 Å². The second-order valence-electron chi connectivity index (χ2n) is 5.71. The monoisotopic (exact) mass is 264 g/mol. The van der Waals surface area contributed by atoms with Crippen LogP contribution in [0.4, 0.5) is 5.69 Å². The third kappa shape index (κ3) is 2.97. The second kappa shape index (κ2) is 5.74. The van der Waals surface area contributed by atoms with Crippen LogP contribution in [-0.2, 0) is 11.3 Å². The molecule has 0 radical (unpaired) electrons. The van der Waals surface area contributed by atoms with E-state index in [1.165, 1.54) is 0 Å². The fraction of sp³-hybridized carbons (Fsp3) is 0.714. The molecule has 2 rings (SSSR count). The fourth-order valence-electron chi connectivity index (χ4n) is 2.70. The molecule has 0 saturated heterocycles. The predicted octanol–water partition coefficient (Wildman–Crippen LogP) is 2.00. The minimum Gasteiger partial charge on any atom is -0.329 e. The number of nitrogens with zero attached hydrogens (tertiary/aromatic N) is 2. The number of hydrogen-bond acceptors (Lipinski definition) is 3. The zero-order chi connectivity index (χ0) is 13.9. The Morgan fingerprint density at radius 3 is 2.79 bits per heavy atom. The quantitative estimate of drug-likeness (QED) is 0.873. The second-order valence-corrected chi connectivity index (χ2v) is 5.71. The summed E-state index contributed by atoms with van der Waals surface area (Å²) in [4.78, 5) is 12.5. The van der Waals surface area contributed by atoms with Crippen LogP contribution in [0.3, 0.4) is 0 Å². The average Bonchev–Trinajstić information content (AvgIpc) is 2.87. The van der Waals surface area contributed by atoms with Crippen LogP contribution in [-0.4, -0.2) is 22.2 Å². The van der Waals surface area contributed by atoms with Crippen LogP contribution in [0.15, 0.2) is 12.4 Å². The van der Waals surface area contributed by atoms with Gasteiger partial charge in [0.05, 0.1) is 17.3 Å². The maximum atomic E-state index is 12.5. The van der Waals surface area contributed by atoms with E-state index in [1.807, 2.05) is 13.1 Å². The van der Waals surface area contributed by atoms with Gasteiger partial charge in [-0.15, -0.1) is 0 Å². The summed E-state index contributed by atoms with van der Waals surface area (Å²) in [7, 11) is 0. The van der Waals surface area contributed by atoms with Gasteiger partial charge in [0.15, 0.2) is 0 Å². The minimum atomic E-state index is -0.388. The highest BCUT2D eigenvalue weighted by Crippen LogP contribution is 2.38. The predicted molar refractivity (Wildman–Crippen MR) is 75.7 cm³/mol. The highest BCUT2D eigenvalue weighted by atomic mass is 16.2. The van der Waals surface area contributed by atoms with E-state index in [9.17, 15) is 4.79 Å². The smallest absolute Gasteiger partial charge is 0.231 e. The van der Waals surface area contributed by atoms with Gasteiger partial charge in [-0.2, -0.15) is 5.10 Å². The molecule has 1 aromatic heterocycles. The first-order valence-corrected chi connectivity index (χ1v) is 7.13. The Balaban J connectivity index is 2.04. The van der Waals surface area contributed by atoms with Gasteiger partial charge < -0.3 is 11.1 Å². The van der Waals surface area contributed by atoms with Crippen molar-refractivity contribution in [3.05, 3.63) is 12.4 Å². The van der Waals surface area contributed by atoms with Crippen molar-refractivity contribution in [2.45, 2.75) is 46.1 Å². The average molecular weight is 264 g/mol. The molecule has 5 nitrogen and oxygen atoms in total. The molecule has 1 amide bonds. The van der Waals surface area contributed by atoms with E-state index in [0.29, 0.717) is 12.5 Å². The highest BCUT2D eigenvalue weighted by molar-refractivity contribution is 5.95. The summed E-state index contributed by atoms with van der Waals surface area (Å²) >= 11 is 0.